The quantitative estimate of drug-likeness (QED) is 0.892. The van der Waals surface area contributed by atoms with E-state index < -0.39 is 18.0 Å². The van der Waals surface area contributed by atoms with Crippen LogP contribution >= 0.6 is 11.6 Å². The lowest BCUT2D eigenvalue weighted by molar-refractivity contribution is -0.154. The van der Waals surface area contributed by atoms with Crippen LogP contribution in [0.4, 0.5) is 0 Å². The number of aliphatic carboxylic acids is 1. The molecule has 0 bridgehead atoms. The molecule has 0 aliphatic carbocycles. The molecule has 8 nitrogen and oxygen atoms in total. The van der Waals surface area contributed by atoms with Gasteiger partial charge in [-0.25, -0.2) is 14.5 Å². The Kier molecular flexibility index (Phi) is 4.50. The summed E-state index contributed by atoms with van der Waals surface area (Å²) in [6.45, 7) is 2.18. The largest absolute Gasteiger partial charge is 0.479 e. The zero-order valence-corrected chi connectivity index (χ0v) is 13.6. The number of aryl methyl sites for hydroxylation is 1. The van der Waals surface area contributed by atoms with E-state index in [2.05, 4.69) is 10.1 Å². The van der Waals surface area contributed by atoms with Crippen LogP contribution in [0, 0.1) is 6.92 Å². The van der Waals surface area contributed by atoms with Crippen molar-refractivity contribution in [2.75, 3.05) is 19.7 Å². The Labute approximate surface area is 142 Å². The van der Waals surface area contributed by atoms with Crippen LogP contribution in [0.3, 0.4) is 0 Å². The number of morpholine rings is 1. The number of ether oxygens (including phenoxy) is 1. The molecule has 0 spiro atoms. The zero-order chi connectivity index (χ0) is 17.3. The minimum absolute atomic E-state index is 0.0217. The highest BCUT2D eigenvalue weighted by molar-refractivity contribution is 6.30. The molecule has 0 saturated carbocycles. The van der Waals surface area contributed by atoms with Crippen LogP contribution in [0.5, 0.6) is 0 Å². The Morgan fingerprint density at radius 1 is 1.33 bits per heavy atom. The monoisotopic (exact) mass is 350 g/mol. The molecule has 126 valence electrons. The Bertz CT molecular complexity index is 774. The number of carboxylic acid groups (broad SMARTS) is 1. The van der Waals surface area contributed by atoms with Gasteiger partial charge < -0.3 is 14.7 Å². The summed E-state index contributed by atoms with van der Waals surface area (Å²) >= 11 is 5.87. The van der Waals surface area contributed by atoms with Crippen LogP contribution in [0.1, 0.15) is 16.4 Å². The van der Waals surface area contributed by atoms with Crippen molar-refractivity contribution < 1.29 is 19.4 Å². The summed E-state index contributed by atoms with van der Waals surface area (Å²) in [5, 5.41) is 13.9. The van der Waals surface area contributed by atoms with E-state index >= 15 is 0 Å². The SMILES string of the molecule is Cc1nc(C(=O)N2CCO[C@H](C(=O)O)C2)nn1-c1ccc(Cl)cc1. The molecule has 1 saturated heterocycles. The normalized spacial score (nSPS) is 17.8. The van der Waals surface area contributed by atoms with Crippen LogP contribution in [0.2, 0.25) is 5.02 Å². The van der Waals surface area contributed by atoms with Crippen molar-refractivity contribution in [3.8, 4) is 5.69 Å². The molecule has 1 aromatic heterocycles. The molecule has 0 unspecified atom stereocenters. The Morgan fingerprint density at radius 2 is 2.04 bits per heavy atom. The van der Waals surface area contributed by atoms with Crippen molar-refractivity contribution in [1.29, 1.82) is 0 Å². The van der Waals surface area contributed by atoms with E-state index in [1.807, 2.05) is 0 Å². The highest BCUT2D eigenvalue weighted by Gasteiger charge is 2.31. The molecule has 1 amide bonds. The van der Waals surface area contributed by atoms with Gasteiger partial charge >= 0.3 is 5.97 Å². The first-order valence-corrected chi connectivity index (χ1v) is 7.67. The summed E-state index contributed by atoms with van der Waals surface area (Å²) < 4.78 is 6.65. The zero-order valence-electron chi connectivity index (χ0n) is 12.8. The number of nitrogens with zero attached hydrogens (tertiary/aromatic N) is 4. The second-order valence-electron chi connectivity index (χ2n) is 5.32. The number of aromatic nitrogens is 3. The number of carbonyl (C=O) groups excluding carboxylic acids is 1. The predicted octanol–water partition coefficient (Wildman–Crippen LogP) is 1.15. The number of halogens is 1. The molecule has 1 aliphatic heterocycles. The van der Waals surface area contributed by atoms with Crippen LogP contribution in [-0.2, 0) is 9.53 Å². The number of carboxylic acids is 1. The second kappa shape index (κ2) is 6.58. The van der Waals surface area contributed by atoms with Crippen molar-refractivity contribution in [2.45, 2.75) is 13.0 Å². The maximum atomic E-state index is 12.5. The van der Waals surface area contributed by atoms with Crippen LogP contribution in [-0.4, -0.2) is 62.4 Å². The number of amides is 1. The first-order chi connectivity index (χ1) is 11.5. The highest BCUT2D eigenvalue weighted by atomic mass is 35.5. The summed E-state index contributed by atoms with van der Waals surface area (Å²) in [6.07, 6.45) is -1.03. The molecular weight excluding hydrogens is 336 g/mol. The van der Waals surface area contributed by atoms with Gasteiger partial charge in [0.05, 0.1) is 18.8 Å². The molecule has 2 aromatic rings. The van der Waals surface area contributed by atoms with Gasteiger partial charge in [0.25, 0.3) is 5.91 Å². The van der Waals surface area contributed by atoms with Crippen molar-refractivity contribution in [3.63, 3.8) is 0 Å². The first kappa shape index (κ1) is 16.4. The summed E-state index contributed by atoms with van der Waals surface area (Å²) in [5.41, 5.74) is 0.730. The molecule has 1 aromatic carbocycles. The van der Waals surface area contributed by atoms with E-state index in [9.17, 15) is 9.59 Å². The maximum Gasteiger partial charge on any atom is 0.334 e. The lowest BCUT2D eigenvalue weighted by atomic mass is 10.2. The number of hydrogen-bond donors (Lipinski definition) is 1. The molecule has 3 rings (SSSR count). The Balaban J connectivity index is 1.82. The molecule has 24 heavy (non-hydrogen) atoms. The molecule has 2 heterocycles. The summed E-state index contributed by atoms with van der Waals surface area (Å²) in [6, 6.07) is 6.98. The smallest absolute Gasteiger partial charge is 0.334 e. The van der Waals surface area contributed by atoms with Crippen LogP contribution in [0.15, 0.2) is 24.3 Å². The first-order valence-electron chi connectivity index (χ1n) is 7.29. The highest BCUT2D eigenvalue weighted by Crippen LogP contribution is 2.15. The van der Waals surface area contributed by atoms with E-state index in [4.69, 9.17) is 21.4 Å². The van der Waals surface area contributed by atoms with E-state index in [0.717, 1.165) is 5.69 Å². The second-order valence-corrected chi connectivity index (χ2v) is 5.76. The van der Waals surface area contributed by atoms with Crippen molar-refractivity contribution in [1.82, 2.24) is 19.7 Å². The average Bonchev–Trinajstić information content (AvgIpc) is 2.97. The van der Waals surface area contributed by atoms with Gasteiger partial charge in [0.1, 0.15) is 5.82 Å². The average molecular weight is 351 g/mol. The topological polar surface area (TPSA) is 97.6 Å². The molecule has 1 aliphatic rings. The number of rotatable bonds is 3. The standard InChI is InChI=1S/C15H15ClN4O4/c1-9-17-13(18-20(9)11-4-2-10(16)3-5-11)14(21)19-6-7-24-12(8-19)15(22)23/h2-5,12H,6-8H2,1H3,(H,22,23)/t12-/m0/s1. The minimum atomic E-state index is -1.09. The lowest BCUT2D eigenvalue weighted by Gasteiger charge is -2.29. The molecule has 1 N–H and O–H groups in total. The van der Waals surface area contributed by atoms with Crippen LogP contribution < -0.4 is 0 Å². The van der Waals surface area contributed by atoms with Crippen LogP contribution in [0.25, 0.3) is 5.69 Å². The van der Waals surface area contributed by atoms with Gasteiger partial charge in [-0.2, -0.15) is 0 Å². The lowest BCUT2D eigenvalue weighted by Crippen LogP contribution is -2.48. The molecule has 1 fully saturated rings. The van der Waals surface area contributed by atoms with Gasteiger partial charge in [-0.05, 0) is 31.2 Å². The van der Waals surface area contributed by atoms with Gasteiger partial charge in [-0.1, -0.05) is 11.6 Å². The van der Waals surface area contributed by atoms with E-state index in [-0.39, 0.29) is 19.0 Å². The van der Waals surface area contributed by atoms with Gasteiger partial charge in [0.15, 0.2) is 6.10 Å². The summed E-state index contributed by atoms with van der Waals surface area (Å²) in [5.74, 6) is -0.944. The van der Waals surface area contributed by atoms with Crippen molar-refractivity contribution >= 4 is 23.5 Å². The number of benzene rings is 1. The van der Waals surface area contributed by atoms with E-state index in [0.29, 0.717) is 17.4 Å². The van der Waals surface area contributed by atoms with E-state index in [1.165, 1.54) is 4.90 Å². The third-order valence-corrected chi connectivity index (χ3v) is 3.91. The fourth-order valence-corrected chi connectivity index (χ4v) is 2.56. The fourth-order valence-electron chi connectivity index (χ4n) is 2.43. The van der Waals surface area contributed by atoms with E-state index in [1.54, 1.807) is 35.9 Å². The van der Waals surface area contributed by atoms with Crippen molar-refractivity contribution in [3.05, 3.63) is 40.9 Å². The van der Waals surface area contributed by atoms with Gasteiger partial charge in [0, 0.05) is 11.6 Å². The summed E-state index contributed by atoms with van der Waals surface area (Å²) in [7, 11) is 0. The Morgan fingerprint density at radius 3 is 2.71 bits per heavy atom. The third kappa shape index (κ3) is 3.24. The molecule has 1 atom stereocenters. The predicted molar refractivity (Wildman–Crippen MR) is 84.4 cm³/mol. The van der Waals surface area contributed by atoms with Gasteiger partial charge in [0.2, 0.25) is 5.82 Å². The molecular formula is C15H15ClN4O4. The molecule has 9 heteroatoms. The summed E-state index contributed by atoms with van der Waals surface area (Å²) in [4.78, 5) is 29.1. The number of carbonyl (C=O) groups is 2. The molecule has 0 radical (unpaired) electrons. The number of hydrogen-bond acceptors (Lipinski definition) is 5. The minimum Gasteiger partial charge on any atom is -0.479 e. The maximum absolute atomic E-state index is 12.5. The van der Waals surface area contributed by atoms with Gasteiger partial charge in [-0.15, -0.1) is 5.10 Å². The fraction of sp³-hybridized carbons (Fsp3) is 0.333. The third-order valence-electron chi connectivity index (χ3n) is 3.66. The van der Waals surface area contributed by atoms with Crippen molar-refractivity contribution in [2.24, 2.45) is 0 Å². The van der Waals surface area contributed by atoms with Gasteiger partial charge in [-0.3, -0.25) is 4.79 Å². The Hall–Kier alpha value is -2.45.